The first-order valence-corrected chi connectivity index (χ1v) is 9.06. The molecule has 0 aromatic heterocycles. The molecule has 24 heavy (non-hydrogen) atoms. The quantitative estimate of drug-likeness (QED) is 0.691. The molecule has 0 saturated heterocycles. The van der Waals surface area contributed by atoms with Gasteiger partial charge in [0, 0.05) is 24.5 Å². The van der Waals surface area contributed by atoms with Gasteiger partial charge in [0.2, 0.25) is 5.91 Å². The van der Waals surface area contributed by atoms with Crippen LogP contribution in [0.4, 0.5) is 0 Å². The fraction of sp³-hybridized carbons (Fsp3) is 0.579. The van der Waals surface area contributed by atoms with E-state index in [1.165, 1.54) is 26.4 Å². The highest BCUT2D eigenvalue weighted by Gasteiger charge is 2.22. The summed E-state index contributed by atoms with van der Waals surface area (Å²) in [6, 6.07) is 7.52. The number of carbonyl (C=O) groups excluding carboxylic acids is 2. The van der Waals surface area contributed by atoms with Gasteiger partial charge < -0.3 is 9.64 Å². The van der Waals surface area contributed by atoms with Gasteiger partial charge in [0.15, 0.2) is 0 Å². The van der Waals surface area contributed by atoms with Crippen molar-refractivity contribution in [2.75, 3.05) is 13.7 Å². The molecule has 0 spiro atoms. The van der Waals surface area contributed by atoms with Crippen molar-refractivity contribution in [3.8, 4) is 0 Å². The molecule has 1 aliphatic rings. The Kier molecular flexibility index (Phi) is 7.57. The minimum atomic E-state index is -0.301. The van der Waals surface area contributed by atoms with Gasteiger partial charge in [-0.05, 0) is 30.4 Å². The zero-order valence-electron chi connectivity index (χ0n) is 14.3. The van der Waals surface area contributed by atoms with Crippen molar-refractivity contribution >= 4 is 23.5 Å². The van der Waals surface area contributed by atoms with E-state index in [4.69, 9.17) is 16.3 Å². The van der Waals surface area contributed by atoms with Crippen molar-refractivity contribution in [1.29, 1.82) is 0 Å². The molecule has 1 aliphatic carbocycles. The molecular weight excluding hydrogens is 326 g/mol. The third kappa shape index (κ3) is 5.82. The number of amides is 1. The fourth-order valence-electron chi connectivity index (χ4n) is 3.22. The van der Waals surface area contributed by atoms with Gasteiger partial charge in [0.25, 0.3) is 0 Å². The molecule has 132 valence electrons. The first kappa shape index (κ1) is 18.8. The van der Waals surface area contributed by atoms with Crippen molar-refractivity contribution in [2.45, 2.75) is 51.5 Å². The predicted molar refractivity (Wildman–Crippen MR) is 94.7 cm³/mol. The molecule has 0 N–H and O–H groups in total. The average molecular weight is 352 g/mol. The number of hydrogen-bond donors (Lipinski definition) is 0. The van der Waals surface area contributed by atoms with E-state index in [0.717, 1.165) is 18.4 Å². The number of benzene rings is 1. The summed E-state index contributed by atoms with van der Waals surface area (Å²) in [5, 5.41) is 0.644. The largest absolute Gasteiger partial charge is 0.469 e. The fourth-order valence-corrected chi connectivity index (χ4v) is 3.42. The summed E-state index contributed by atoms with van der Waals surface area (Å²) in [4.78, 5) is 26.0. The molecule has 2 rings (SSSR count). The Morgan fingerprint density at radius 2 is 1.92 bits per heavy atom. The molecule has 0 bridgehead atoms. The molecule has 4 nitrogen and oxygen atoms in total. The number of rotatable bonds is 7. The van der Waals surface area contributed by atoms with Gasteiger partial charge >= 0.3 is 5.97 Å². The summed E-state index contributed by atoms with van der Waals surface area (Å²) < 4.78 is 4.70. The second-order valence-corrected chi connectivity index (χ2v) is 6.85. The van der Waals surface area contributed by atoms with Crippen LogP contribution in [0.1, 0.15) is 50.5 Å². The molecule has 0 heterocycles. The summed E-state index contributed by atoms with van der Waals surface area (Å²) in [5.74, 6) is 0.272. The molecule has 1 saturated carbocycles. The molecule has 1 fully saturated rings. The van der Waals surface area contributed by atoms with E-state index in [1.807, 2.05) is 24.3 Å². The Balaban J connectivity index is 2.01. The van der Waals surface area contributed by atoms with Crippen LogP contribution in [0.2, 0.25) is 5.02 Å². The zero-order chi connectivity index (χ0) is 17.4. The van der Waals surface area contributed by atoms with Crippen molar-refractivity contribution in [3.05, 3.63) is 34.9 Å². The van der Waals surface area contributed by atoms with Crippen LogP contribution in [0.3, 0.4) is 0 Å². The predicted octanol–water partition coefficient (Wildman–Crippen LogP) is 4.20. The normalized spacial score (nSPS) is 15.1. The highest BCUT2D eigenvalue weighted by atomic mass is 35.5. The zero-order valence-corrected chi connectivity index (χ0v) is 15.1. The maximum Gasteiger partial charge on any atom is 0.307 e. The number of hydrogen-bond acceptors (Lipinski definition) is 3. The van der Waals surface area contributed by atoms with Crippen LogP contribution in [0.5, 0.6) is 0 Å². The lowest BCUT2D eigenvalue weighted by Crippen LogP contribution is -2.34. The van der Waals surface area contributed by atoms with Gasteiger partial charge in [-0.3, -0.25) is 9.59 Å². The molecule has 0 unspecified atom stereocenters. The summed E-state index contributed by atoms with van der Waals surface area (Å²) in [5.41, 5.74) is 0.904. The van der Waals surface area contributed by atoms with E-state index in [2.05, 4.69) is 0 Å². The number of esters is 1. The lowest BCUT2D eigenvalue weighted by Gasteiger charge is -2.27. The number of halogens is 1. The van der Waals surface area contributed by atoms with Gasteiger partial charge in [-0.1, -0.05) is 49.1 Å². The molecular formula is C19H26ClNO3. The number of methoxy groups -OCH3 is 1. The Bertz CT molecular complexity index is 555. The van der Waals surface area contributed by atoms with Crippen LogP contribution in [0.25, 0.3) is 0 Å². The lowest BCUT2D eigenvalue weighted by molar-refractivity contribution is -0.142. The number of ether oxygens (including phenoxy) is 1. The first-order chi connectivity index (χ1) is 11.6. The highest BCUT2D eigenvalue weighted by molar-refractivity contribution is 6.31. The Labute approximate surface area is 149 Å². The van der Waals surface area contributed by atoms with Crippen LogP contribution < -0.4 is 0 Å². The van der Waals surface area contributed by atoms with Crippen molar-refractivity contribution in [3.63, 3.8) is 0 Å². The number of nitrogens with zero attached hydrogens (tertiary/aromatic N) is 1. The van der Waals surface area contributed by atoms with Gasteiger partial charge in [0.1, 0.15) is 0 Å². The second-order valence-electron chi connectivity index (χ2n) is 6.44. The van der Waals surface area contributed by atoms with E-state index < -0.39 is 0 Å². The van der Waals surface area contributed by atoms with E-state index in [1.54, 1.807) is 4.90 Å². The van der Waals surface area contributed by atoms with Crippen LogP contribution in [0.15, 0.2) is 24.3 Å². The molecule has 0 aliphatic heterocycles. The Morgan fingerprint density at radius 3 is 2.58 bits per heavy atom. The maximum absolute atomic E-state index is 12.8. The van der Waals surface area contributed by atoms with Crippen molar-refractivity contribution in [2.24, 2.45) is 5.92 Å². The summed E-state index contributed by atoms with van der Waals surface area (Å²) in [6.07, 6.45) is 6.72. The maximum atomic E-state index is 12.8. The second kappa shape index (κ2) is 9.67. The van der Waals surface area contributed by atoms with E-state index in [9.17, 15) is 9.59 Å². The molecule has 1 aromatic carbocycles. The lowest BCUT2D eigenvalue weighted by atomic mass is 9.86. The molecule has 1 amide bonds. The third-order valence-corrected chi connectivity index (χ3v) is 5.04. The topological polar surface area (TPSA) is 46.6 Å². The first-order valence-electron chi connectivity index (χ1n) is 8.68. The third-order valence-electron chi connectivity index (χ3n) is 4.67. The SMILES string of the molecule is COC(=O)CCN(Cc1ccccc1Cl)C(=O)CC1CCCCC1. The van der Waals surface area contributed by atoms with Crippen molar-refractivity contribution in [1.82, 2.24) is 4.90 Å². The molecule has 1 aromatic rings. The van der Waals surface area contributed by atoms with E-state index >= 15 is 0 Å². The highest BCUT2D eigenvalue weighted by Crippen LogP contribution is 2.27. The standard InChI is InChI=1S/C19H26ClNO3/c1-24-19(23)11-12-21(14-16-9-5-6-10-17(16)20)18(22)13-15-7-3-2-4-8-15/h5-6,9-10,15H,2-4,7-8,11-14H2,1H3. The van der Waals surface area contributed by atoms with Crippen molar-refractivity contribution < 1.29 is 14.3 Å². The number of carbonyl (C=O) groups is 2. The van der Waals surface area contributed by atoms with Gasteiger partial charge in [-0.25, -0.2) is 0 Å². The van der Waals surface area contributed by atoms with Gasteiger partial charge in [0.05, 0.1) is 13.5 Å². The average Bonchev–Trinajstić information content (AvgIpc) is 2.60. The smallest absolute Gasteiger partial charge is 0.307 e. The summed E-state index contributed by atoms with van der Waals surface area (Å²) in [7, 11) is 1.37. The van der Waals surface area contributed by atoms with Crippen LogP contribution in [-0.4, -0.2) is 30.4 Å². The summed E-state index contributed by atoms with van der Waals surface area (Å²) in [6.45, 7) is 0.797. The molecule has 0 atom stereocenters. The van der Waals surface area contributed by atoms with Crippen LogP contribution in [0, 0.1) is 5.92 Å². The molecule has 0 radical (unpaired) electrons. The Hall–Kier alpha value is -1.55. The minimum Gasteiger partial charge on any atom is -0.469 e. The van der Waals surface area contributed by atoms with E-state index in [-0.39, 0.29) is 18.3 Å². The van der Waals surface area contributed by atoms with Crippen LogP contribution in [-0.2, 0) is 20.9 Å². The molecule has 5 heteroatoms. The van der Waals surface area contributed by atoms with E-state index in [0.29, 0.717) is 30.5 Å². The van der Waals surface area contributed by atoms with Gasteiger partial charge in [-0.15, -0.1) is 0 Å². The van der Waals surface area contributed by atoms with Gasteiger partial charge in [-0.2, -0.15) is 0 Å². The minimum absolute atomic E-state index is 0.103. The Morgan fingerprint density at radius 1 is 1.21 bits per heavy atom. The monoisotopic (exact) mass is 351 g/mol. The summed E-state index contributed by atoms with van der Waals surface area (Å²) >= 11 is 6.23. The van der Waals surface area contributed by atoms with Crippen LogP contribution >= 0.6 is 11.6 Å².